The minimum absolute atomic E-state index is 0.00248. The van der Waals surface area contributed by atoms with Gasteiger partial charge in [0.2, 0.25) is 0 Å². The number of carboxylic acid groups (broad SMARTS) is 1. The maximum atomic E-state index is 13.1. The summed E-state index contributed by atoms with van der Waals surface area (Å²) in [5.74, 6) is -3.07. The van der Waals surface area contributed by atoms with E-state index >= 15 is 0 Å². The second-order valence-corrected chi connectivity index (χ2v) is 3.96. The number of rotatable bonds is 4. The molecule has 5 nitrogen and oxygen atoms in total. The number of benzene rings is 1. The van der Waals surface area contributed by atoms with Crippen molar-refractivity contribution < 1.29 is 18.7 Å². The second kappa shape index (κ2) is 5.05. The molecule has 1 heterocycles. The first-order valence-corrected chi connectivity index (χ1v) is 5.45. The summed E-state index contributed by atoms with van der Waals surface area (Å²) in [4.78, 5) is 22.1. The number of hydrogen-bond donors (Lipinski definition) is 3. The number of aliphatic carboxylic acids is 1. The molecule has 19 heavy (non-hydrogen) atoms. The first-order chi connectivity index (χ1) is 8.99. The van der Waals surface area contributed by atoms with Crippen molar-refractivity contribution in [3.05, 3.63) is 45.8 Å². The van der Waals surface area contributed by atoms with Crippen molar-refractivity contribution in [1.29, 1.82) is 0 Å². The Morgan fingerprint density at radius 2 is 1.95 bits per heavy atom. The van der Waals surface area contributed by atoms with E-state index in [1.807, 2.05) is 0 Å². The summed E-state index contributed by atoms with van der Waals surface area (Å²) in [6.07, 6.45) is -0.222. The van der Waals surface area contributed by atoms with Crippen molar-refractivity contribution in [1.82, 2.24) is 10.2 Å². The Kier molecular flexibility index (Phi) is 3.46. The van der Waals surface area contributed by atoms with Crippen LogP contribution in [0.2, 0.25) is 0 Å². The second-order valence-electron chi connectivity index (χ2n) is 3.96. The molecule has 1 aromatic carbocycles. The number of H-pyrrole nitrogens is 2. The summed E-state index contributed by atoms with van der Waals surface area (Å²) in [6.45, 7) is 0. The number of hydrogen-bond acceptors (Lipinski definition) is 2. The van der Waals surface area contributed by atoms with E-state index in [1.165, 1.54) is 6.07 Å². The summed E-state index contributed by atoms with van der Waals surface area (Å²) in [5.41, 5.74) is 0.275. The summed E-state index contributed by atoms with van der Waals surface area (Å²) in [6, 6.07) is 3.19. The zero-order valence-electron chi connectivity index (χ0n) is 9.67. The highest BCUT2D eigenvalue weighted by Gasteiger charge is 2.14. The number of aromatic nitrogens is 2. The monoisotopic (exact) mass is 268 g/mol. The molecule has 0 radical (unpaired) electrons. The quantitative estimate of drug-likeness (QED) is 0.788. The third-order valence-electron chi connectivity index (χ3n) is 2.67. The number of nitrogens with one attached hydrogen (secondary N) is 2. The van der Waals surface area contributed by atoms with E-state index in [4.69, 9.17) is 5.11 Å². The molecule has 0 fully saturated rings. The van der Waals surface area contributed by atoms with E-state index in [1.54, 1.807) is 0 Å². The molecular formula is C12H10F2N2O3. The van der Waals surface area contributed by atoms with Crippen LogP contribution < -0.4 is 5.56 Å². The maximum Gasteiger partial charge on any atom is 0.303 e. The Balaban J connectivity index is 2.41. The Labute approximate surface area is 105 Å². The molecule has 0 saturated heterocycles. The van der Waals surface area contributed by atoms with Crippen molar-refractivity contribution in [2.45, 2.75) is 12.8 Å². The predicted octanol–water partition coefficient (Wildman–Crippen LogP) is 1.67. The van der Waals surface area contributed by atoms with Crippen LogP contribution in [0.3, 0.4) is 0 Å². The molecule has 0 bridgehead atoms. The first-order valence-electron chi connectivity index (χ1n) is 5.45. The molecule has 1 aromatic heterocycles. The van der Waals surface area contributed by atoms with Crippen LogP contribution in [-0.2, 0) is 11.2 Å². The normalized spacial score (nSPS) is 10.6. The topological polar surface area (TPSA) is 85.9 Å². The molecule has 2 rings (SSSR count). The number of carbonyl (C=O) groups is 1. The Hall–Kier alpha value is -2.44. The van der Waals surface area contributed by atoms with Crippen molar-refractivity contribution in [3.8, 4) is 11.3 Å². The van der Waals surface area contributed by atoms with Gasteiger partial charge in [0.1, 0.15) is 0 Å². The van der Waals surface area contributed by atoms with Crippen LogP contribution in [0.5, 0.6) is 0 Å². The molecule has 0 spiro atoms. The van der Waals surface area contributed by atoms with Crippen LogP contribution >= 0.6 is 0 Å². The van der Waals surface area contributed by atoms with Gasteiger partial charge in [0.05, 0.1) is 5.69 Å². The van der Waals surface area contributed by atoms with E-state index in [0.29, 0.717) is 0 Å². The molecule has 100 valence electrons. The highest BCUT2D eigenvalue weighted by atomic mass is 19.2. The van der Waals surface area contributed by atoms with Crippen molar-refractivity contribution in [2.75, 3.05) is 0 Å². The molecule has 2 aromatic rings. The van der Waals surface area contributed by atoms with Crippen LogP contribution in [0.1, 0.15) is 12.0 Å². The van der Waals surface area contributed by atoms with Crippen LogP contribution in [-0.4, -0.2) is 21.3 Å². The third kappa shape index (κ3) is 2.70. The minimum atomic E-state index is -1.04. The smallest absolute Gasteiger partial charge is 0.303 e. The minimum Gasteiger partial charge on any atom is -0.481 e. The molecule has 0 aliphatic rings. The molecule has 0 amide bonds. The first kappa shape index (κ1) is 13.0. The van der Waals surface area contributed by atoms with E-state index in [0.717, 1.165) is 12.1 Å². The zero-order chi connectivity index (χ0) is 14.0. The fourth-order valence-corrected chi connectivity index (χ4v) is 1.75. The van der Waals surface area contributed by atoms with E-state index in [9.17, 15) is 18.4 Å². The van der Waals surface area contributed by atoms with Gasteiger partial charge in [-0.15, -0.1) is 0 Å². The molecular weight excluding hydrogens is 258 g/mol. The number of aromatic amines is 2. The lowest BCUT2D eigenvalue weighted by atomic mass is 10.0. The fourth-order valence-electron chi connectivity index (χ4n) is 1.75. The largest absolute Gasteiger partial charge is 0.481 e. The molecule has 0 aliphatic heterocycles. The lowest BCUT2D eigenvalue weighted by Crippen LogP contribution is -2.08. The molecule has 0 unspecified atom stereocenters. The third-order valence-corrected chi connectivity index (χ3v) is 2.67. The van der Waals surface area contributed by atoms with Crippen LogP contribution in [0.15, 0.2) is 23.0 Å². The van der Waals surface area contributed by atoms with Crippen LogP contribution in [0.4, 0.5) is 8.78 Å². The van der Waals surface area contributed by atoms with Gasteiger partial charge >= 0.3 is 5.97 Å². The number of halogens is 2. The Morgan fingerprint density at radius 3 is 2.58 bits per heavy atom. The lowest BCUT2D eigenvalue weighted by Gasteiger charge is -2.02. The van der Waals surface area contributed by atoms with Gasteiger partial charge < -0.3 is 5.11 Å². The highest BCUT2D eigenvalue weighted by Crippen LogP contribution is 2.22. The van der Waals surface area contributed by atoms with Gasteiger partial charge in [-0.3, -0.25) is 19.8 Å². The van der Waals surface area contributed by atoms with Crippen molar-refractivity contribution in [3.63, 3.8) is 0 Å². The average Bonchev–Trinajstić information content (AvgIpc) is 2.71. The van der Waals surface area contributed by atoms with Crippen LogP contribution in [0.25, 0.3) is 11.3 Å². The standard InChI is InChI=1S/C12H10F2N2O3/c13-8-3-1-6(5-9(8)14)11-7(2-4-10(17)18)12(19)16-15-11/h1,3,5H,2,4H2,(H,17,18)(H2,15,16,19). The maximum absolute atomic E-state index is 13.1. The summed E-state index contributed by atoms with van der Waals surface area (Å²) in [7, 11) is 0. The van der Waals surface area contributed by atoms with Gasteiger partial charge in [-0.25, -0.2) is 8.78 Å². The van der Waals surface area contributed by atoms with E-state index in [2.05, 4.69) is 10.2 Å². The van der Waals surface area contributed by atoms with E-state index < -0.39 is 23.2 Å². The zero-order valence-corrected chi connectivity index (χ0v) is 9.67. The van der Waals surface area contributed by atoms with Gasteiger partial charge in [0.15, 0.2) is 11.6 Å². The number of carboxylic acids is 1. The molecule has 0 atom stereocenters. The summed E-state index contributed by atoms with van der Waals surface area (Å²) >= 11 is 0. The van der Waals surface area contributed by atoms with Gasteiger partial charge in [0, 0.05) is 17.5 Å². The van der Waals surface area contributed by atoms with Gasteiger partial charge in [-0.2, -0.15) is 0 Å². The predicted molar refractivity (Wildman–Crippen MR) is 62.7 cm³/mol. The highest BCUT2D eigenvalue weighted by molar-refractivity contribution is 5.68. The van der Waals surface area contributed by atoms with Crippen molar-refractivity contribution >= 4 is 5.97 Å². The summed E-state index contributed by atoms with van der Waals surface area (Å²) in [5, 5.41) is 13.5. The van der Waals surface area contributed by atoms with Crippen LogP contribution in [0, 0.1) is 11.6 Å². The molecule has 3 N–H and O–H groups in total. The van der Waals surface area contributed by atoms with Gasteiger partial charge in [0.25, 0.3) is 5.56 Å². The SMILES string of the molecule is O=C(O)CCc1c(-c2ccc(F)c(F)c2)[nH][nH]c1=O. The average molecular weight is 268 g/mol. The fraction of sp³-hybridized carbons (Fsp3) is 0.167. The molecule has 0 aliphatic carbocycles. The van der Waals surface area contributed by atoms with E-state index in [-0.39, 0.29) is 29.7 Å². The van der Waals surface area contributed by atoms with Crippen molar-refractivity contribution in [2.24, 2.45) is 0 Å². The lowest BCUT2D eigenvalue weighted by molar-refractivity contribution is -0.136. The van der Waals surface area contributed by atoms with Gasteiger partial charge in [-0.05, 0) is 24.6 Å². The Bertz CT molecular complexity index is 676. The van der Waals surface area contributed by atoms with Gasteiger partial charge in [-0.1, -0.05) is 0 Å². The Morgan fingerprint density at radius 1 is 1.21 bits per heavy atom. The molecule has 0 saturated carbocycles. The molecule has 7 heteroatoms. The summed E-state index contributed by atoms with van der Waals surface area (Å²) < 4.78 is 26.0.